The molecule has 0 spiro atoms. The van der Waals surface area contributed by atoms with Crippen molar-refractivity contribution in [2.45, 2.75) is 39.5 Å². The molecule has 2 atom stereocenters. The predicted molar refractivity (Wildman–Crippen MR) is 62.1 cm³/mol. The fraction of sp³-hybridized carbons (Fsp3) is 0.571. The molecule has 0 aromatic heterocycles. The molecular weight excluding hydrogens is 168 g/mol. The molecule has 2 aliphatic carbocycles. The zero-order valence-corrected chi connectivity index (χ0v) is 9.34. The van der Waals surface area contributed by atoms with Gasteiger partial charge in [0.05, 0.1) is 0 Å². The first-order chi connectivity index (χ1) is 6.72. The van der Waals surface area contributed by atoms with E-state index in [1.165, 1.54) is 24.8 Å². The molecule has 0 nitrogen and oxygen atoms in total. The summed E-state index contributed by atoms with van der Waals surface area (Å²) in [7, 11) is 0. The van der Waals surface area contributed by atoms with Crippen LogP contribution >= 0.6 is 0 Å². The molecule has 0 N–H and O–H groups in total. The molecule has 0 heteroatoms. The molecule has 0 fully saturated rings. The Hall–Kier alpha value is -0.780. The Morgan fingerprint density at radius 1 is 1.50 bits per heavy atom. The van der Waals surface area contributed by atoms with Crippen molar-refractivity contribution in [1.29, 1.82) is 0 Å². The molecular formula is C14H20. The van der Waals surface area contributed by atoms with Crippen molar-refractivity contribution in [3.8, 4) is 0 Å². The summed E-state index contributed by atoms with van der Waals surface area (Å²) in [5.74, 6) is 1.53. The SMILES string of the molecule is C=C(CC)C1CC2=C(C1)C(C)CC=C2. The van der Waals surface area contributed by atoms with Crippen molar-refractivity contribution in [3.63, 3.8) is 0 Å². The van der Waals surface area contributed by atoms with Crippen LogP contribution in [-0.4, -0.2) is 0 Å². The van der Waals surface area contributed by atoms with Crippen molar-refractivity contribution < 1.29 is 0 Å². The second-order valence-corrected chi connectivity index (χ2v) is 4.71. The fourth-order valence-corrected chi connectivity index (χ4v) is 2.69. The number of rotatable bonds is 2. The molecule has 2 rings (SSSR count). The van der Waals surface area contributed by atoms with Gasteiger partial charge in [-0.05, 0) is 43.1 Å². The van der Waals surface area contributed by atoms with Crippen LogP contribution in [-0.2, 0) is 0 Å². The van der Waals surface area contributed by atoms with Crippen LogP contribution in [0, 0.1) is 11.8 Å². The largest absolute Gasteiger partial charge is 0.0996 e. The maximum atomic E-state index is 4.19. The second-order valence-electron chi connectivity index (χ2n) is 4.71. The average Bonchev–Trinajstić information content (AvgIpc) is 2.62. The highest BCUT2D eigenvalue weighted by atomic mass is 14.3. The van der Waals surface area contributed by atoms with E-state index in [-0.39, 0.29) is 0 Å². The Balaban J connectivity index is 2.11. The zero-order valence-electron chi connectivity index (χ0n) is 9.34. The zero-order chi connectivity index (χ0) is 10.1. The Labute approximate surface area is 87.4 Å². The smallest absolute Gasteiger partial charge is 0.0128 e. The molecule has 0 heterocycles. The number of hydrogen-bond donors (Lipinski definition) is 0. The minimum absolute atomic E-state index is 0.746. The maximum Gasteiger partial charge on any atom is -0.0128 e. The predicted octanol–water partition coefficient (Wildman–Crippen LogP) is 4.26. The summed E-state index contributed by atoms with van der Waals surface area (Å²) in [6.07, 6.45) is 9.60. The van der Waals surface area contributed by atoms with Gasteiger partial charge in [0.1, 0.15) is 0 Å². The van der Waals surface area contributed by atoms with Gasteiger partial charge in [-0.1, -0.05) is 43.7 Å². The van der Waals surface area contributed by atoms with Crippen molar-refractivity contribution in [1.82, 2.24) is 0 Å². The van der Waals surface area contributed by atoms with Crippen molar-refractivity contribution >= 4 is 0 Å². The molecule has 0 aromatic rings. The van der Waals surface area contributed by atoms with Crippen molar-refractivity contribution in [2.24, 2.45) is 11.8 Å². The third-order valence-electron chi connectivity index (χ3n) is 3.78. The Morgan fingerprint density at radius 2 is 2.29 bits per heavy atom. The van der Waals surface area contributed by atoms with Gasteiger partial charge in [0, 0.05) is 0 Å². The molecule has 0 saturated carbocycles. The highest BCUT2D eigenvalue weighted by molar-refractivity contribution is 5.37. The lowest BCUT2D eigenvalue weighted by atomic mass is 9.89. The third kappa shape index (κ3) is 1.58. The van der Waals surface area contributed by atoms with Crippen LogP contribution in [0.3, 0.4) is 0 Å². The molecule has 2 aliphatic rings. The number of hydrogen-bond acceptors (Lipinski definition) is 0. The first-order valence-corrected chi connectivity index (χ1v) is 5.78. The summed E-state index contributed by atoms with van der Waals surface area (Å²) >= 11 is 0. The van der Waals surface area contributed by atoms with E-state index in [1.54, 1.807) is 11.1 Å². The van der Waals surface area contributed by atoms with Gasteiger partial charge < -0.3 is 0 Å². The Morgan fingerprint density at radius 3 is 2.93 bits per heavy atom. The second kappa shape index (κ2) is 3.76. The van der Waals surface area contributed by atoms with Gasteiger partial charge in [-0.15, -0.1) is 0 Å². The van der Waals surface area contributed by atoms with Gasteiger partial charge in [-0.2, -0.15) is 0 Å². The van der Waals surface area contributed by atoms with Gasteiger partial charge in [-0.25, -0.2) is 0 Å². The highest BCUT2D eigenvalue weighted by Gasteiger charge is 2.28. The molecule has 0 amide bonds. The lowest BCUT2D eigenvalue weighted by Crippen LogP contribution is -2.02. The lowest BCUT2D eigenvalue weighted by Gasteiger charge is -2.16. The standard InChI is InChI=1S/C14H20/c1-4-10(2)13-8-12-7-5-6-11(3)14(12)9-13/h5,7,11,13H,2,4,6,8-9H2,1,3H3. The first-order valence-electron chi connectivity index (χ1n) is 5.78. The van der Waals surface area contributed by atoms with E-state index < -0.39 is 0 Å². The van der Waals surface area contributed by atoms with E-state index >= 15 is 0 Å². The highest BCUT2D eigenvalue weighted by Crippen LogP contribution is 2.43. The minimum atomic E-state index is 0.746. The monoisotopic (exact) mass is 188 g/mol. The van der Waals surface area contributed by atoms with Crippen LogP contribution in [0.1, 0.15) is 39.5 Å². The maximum absolute atomic E-state index is 4.19. The van der Waals surface area contributed by atoms with Crippen LogP contribution in [0.4, 0.5) is 0 Å². The van der Waals surface area contributed by atoms with E-state index in [1.807, 2.05) is 0 Å². The number of allylic oxidation sites excluding steroid dienone is 5. The van der Waals surface area contributed by atoms with E-state index in [0.29, 0.717) is 0 Å². The van der Waals surface area contributed by atoms with Gasteiger partial charge in [0.25, 0.3) is 0 Å². The first kappa shape index (κ1) is 9.76. The minimum Gasteiger partial charge on any atom is -0.0996 e. The topological polar surface area (TPSA) is 0 Å². The van der Waals surface area contributed by atoms with Gasteiger partial charge in [-0.3, -0.25) is 0 Å². The summed E-state index contributed by atoms with van der Waals surface area (Å²) in [6, 6.07) is 0. The van der Waals surface area contributed by atoms with E-state index in [0.717, 1.165) is 18.3 Å². The van der Waals surface area contributed by atoms with Crippen LogP contribution in [0.2, 0.25) is 0 Å². The third-order valence-corrected chi connectivity index (χ3v) is 3.78. The summed E-state index contributed by atoms with van der Waals surface area (Å²) in [4.78, 5) is 0. The van der Waals surface area contributed by atoms with Crippen LogP contribution < -0.4 is 0 Å². The Bertz CT molecular complexity index is 304. The summed E-state index contributed by atoms with van der Waals surface area (Å²) < 4.78 is 0. The van der Waals surface area contributed by atoms with Gasteiger partial charge in [0.15, 0.2) is 0 Å². The molecule has 14 heavy (non-hydrogen) atoms. The molecule has 0 aliphatic heterocycles. The molecule has 0 radical (unpaired) electrons. The molecule has 0 bridgehead atoms. The molecule has 0 aromatic carbocycles. The van der Waals surface area contributed by atoms with Crippen molar-refractivity contribution in [2.75, 3.05) is 0 Å². The fourth-order valence-electron chi connectivity index (χ4n) is 2.69. The molecule has 0 saturated heterocycles. The summed E-state index contributed by atoms with van der Waals surface area (Å²) in [5, 5.41) is 0. The quantitative estimate of drug-likeness (QED) is 0.568. The molecule has 76 valence electrons. The van der Waals surface area contributed by atoms with Crippen molar-refractivity contribution in [3.05, 3.63) is 35.5 Å². The van der Waals surface area contributed by atoms with Gasteiger partial charge in [0.2, 0.25) is 0 Å². The Kier molecular flexibility index (Phi) is 2.62. The van der Waals surface area contributed by atoms with Gasteiger partial charge >= 0.3 is 0 Å². The van der Waals surface area contributed by atoms with E-state index in [9.17, 15) is 0 Å². The summed E-state index contributed by atoms with van der Waals surface area (Å²) in [5.41, 5.74) is 4.77. The average molecular weight is 188 g/mol. The lowest BCUT2D eigenvalue weighted by molar-refractivity contribution is 0.592. The van der Waals surface area contributed by atoms with Crippen LogP contribution in [0.25, 0.3) is 0 Å². The van der Waals surface area contributed by atoms with Crippen LogP contribution in [0.5, 0.6) is 0 Å². The normalized spacial score (nSPS) is 30.7. The molecule has 2 unspecified atom stereocenters. The van der Waals surface area contributed by atoms with E-state index in [2.05, 4.69) is 32.6 Å². The van der Waals surface area contributed by atoms with Crippen LogP contribution in [0.15, 0.2) is 35.5 Å². The van der Waals surface area contributed by atoms with E-state index in [4.69, 9.17) is 0 Å². The summed E-state index contributed by atoms with van der Waals surface area (Å²) in [6.45, 7) is 8.77.